The Morgan fingerprint density at radius 2 is 2.03 bits per heavy atom. The molecule has 1 amide bonds. The van der Waals surface area contributed by atoms with E-state index in [9.17, 15) is 18.0 Å². The van der Waals surface area contributed by atoms with E-state index in [0.717, 1.165) is 11.1 Å². The summed E-state index contributed by atoms with van der Waals surface area (Å²) in [6.07, 6.45) is 3.14. The monoisotopic (exact) mass is 415 g/mol. The predicted molar refractivity (Wildman–Crippen MR) is 107 cm³/mol. The Balaban J connectivity index is 1.48. The molecule has 0 spiro atoms. The first-order chi connectivity index (χ1) is 13.8. The zero-order chi connectivity index (χ0) is 20.6. The van der Waals surface area contributed by atoms with E-state index in [1.165, 1.54) is 21.8 Å². The summed E-state index contributed by atoms with van der Waals surface area (Å²) in [5.41, 5.74) is 2.07. The third-order valence-corrected chi connectivity index (χ3v) is 6.81. The van der Waals surface area contributed by atoms with Gasteiger partial charge < -0.3 is 5.32 Å². The van der Waals surface area contributed by atoms with E-state index in [1.807, 2.05) is 31.2 Å². The number of nitrogens with zero attached hydrogens (tertiary/aromatic N) is 4. The fourth-order valence-electron chi connectivity index (χ4n) is 3.43. The number of fused-ring (bicyclic) bond motifs is 1. The smallest absolute Gasteiger partial charge is 0.264 e. The number of aromatic nitrogens is 4. The summed E-state index contributed by atoms with van der Waals surface area (Å²) in [6.45, 7) is 2.21. The lowest BCUT2D eigenvalue weighted by molar-refractivity contribution is -0.121. The van der Waals surface area contributed by atoms with Crippen molar-refractivity contribution in [2.45, 2.75) is 32.5 Å². The molecule has 3 heterocycles. The summed E-state index contributed by atoms with van der Waals surface area (Å²) < 4.78 is 26.2. The van der Waals surface area contributed by atoms with E-state index in [-0.39, 0.29) is 40.9 Å². The van der Waals surface area contributed by atoms with Crippen molar-refractivity contribution in [2.24, 2.45) is 0 Å². The van der Waals surface area contributed by atoms with Gasteiger partial charge in [0.05, 0.1) is 23.7 Å². The van der Waals surface area contributed by atoms with Crippen LogP contribution in [-0.2, 0) is 27.7 Å². The Bertz CT molecular complexity index is 1230. The van der Waals surface area contributed by atoms with Gasteiger partial charge in [-0.15, -0.1) is 0 Å². The molecule has 1 N–H and O–H groups in total. The average Bonchev–Trinajstić information content (AvgIpc) is 3.27. The van der Waals surface area contributed by atoms with Gasteiger partial charge >= 0.3 is 0 Å². The minimum Gasteiger partial charge on any atom is -0.350 e. The van der Waals surface area contributed by atoms with Gasteiger partial charge in [-0.3, -0.25) is 14.2 Å². The Hall–Kier alpha value is -3.01. The van der Waals surface area contributed by atoms with E-state index in [0.29, 0.717) is 18.6 Å². The molecule has 0 radical (unpaired) electrons. The minimum atomic E-state index is -3.08. The molecular weight excluding hydrogens is 394 g/mol. The van der Waals surface area contributed by atoms with E-state index in [4.69, 9.17) is 0 Å². The molecule has 4 rings (SSSR count). The number of nitrogens with one attached hydrogen (secondary N) is 1. The second-order valence-corrected chi connectivity index (χ2v) is 9.55. The summed E-state index contributed by atoms with van der Waals surface area (Å²) in [5, 5.41) is 7.24. The van der Waals surface area contributed by atoms with E-state index >= 15 is 0 Å². The lowest BCUT2D eigenvalue weighted by Gasteiger charge is -2.10. The van der Waals surface area contributed by atoms with Crippen LogP contribution in [0.25, 0.3) is 11.0 Å². The molecule has 10 heteroatoms. The van der Waals surface area contributed by atoms with Crippen molar-refractivity contribution < 1.29 is 13.2 Å². The maximum atomic E-state index is 12.7. The molecule has 1 fully saturated rings. The summed E-state index contributed by atoms with van der Waals surface area (Å²) in [7, 11) is -3.08. The largest absolute Gasteiger partial charge is 0.350 e. The molecule has 3 aromatic rings. The van der Waals surface area contributed by atoms with Crippen molar-refractivity contribution in [3.05, 3.63) is 58.3 Å². The number of carbonyl (C=O) groups excluding carboxylic acids is 1. The first kappa shape index (κ1) is 19.3. The molecule has 1 aromatic carbocycles. The van der Waals surface area contributed by atoms with Crippen LogP contribution in [0.3, 0.4) is 0 Å². The molecule has 0 aliphatic carbocycles. The zero-order valence-corrected chi connectivity index (χ0v) is 16.7. The van der Waals surface area contributed by atoms with Gasteiger partial charge in [0.1, 0.15) is 18.3 Å². The molecule has 1 aliphatic rings. The summed E-state index contributed by atoms with van der Waals surface area (Å²) >= 11 is 0. The number of amides is 1. The third-order valence-electron chi connectivity index (χ3n) is 5.06. The SMILES string of the molecule is Cc1ccc(CNC(=O)Cn2cnc3c(cnn3C3CCS(=O)(=O)C3)c2=O)cc1. The van der Waals surface area contributed by atoms with Gasteiger partial charge in [0.2, 0.25) is 5.91 Å². The van der Waals surface area contributed by atoms with Gasteiger partial charge in [-0.05, 0) is 18.9 Å². The molecule has 1 saturated heterocycles. The van der Waals surface area contributed by atoms with Crippen molar-refractivity contribution in [3.63, 3.8) is 0 Å². The molecule has 0 saturated carbocycles. The topological polar surface area (TPSA) is 116 Å². The molecule has 1 aliphatic heterocycles. The summed E-state index contributed by atoms with van der Waals surface area (Å²) in [4.78, 5) is 29.2. The van der Waals surface area contributed by atoms with Crippen LogP contribution in [0.2, 0.25) is 0 Å². The fraction of sp³-hybridized carbons (Fsp3) is 0.368. The van der Waals surface area contributed by atoms with Crippen LogP contribution in [0.4, 0.5) is 0 Å². The van der Waals surface area contributed by atoms with Crippen molar-refractivity contribution in [1.82, 2.24) is 24.6 Å². The molecule has 152 valence electrons. The van der Waals surface area contributed by atoms with Crippen LogP contribution in [-0.4, -0.2) is 45.2 Å². The van der Waals surface area contributed by atoms with Crippen molar-refractivity contribution in [3.8, 4) is 0 Å². The number of hydrogen-bond donors (Lipinski definition) is 1. The molecule has 0 bridgehead atoms. The highest BCUT2D eigenvalue weighted by molar-refractivity contribution is 7.91. The molecular formula is C19H21N5O4S. The lowest BCUT2D eigenvalue weighted by atomic mass is 10.1. The van der Waals surface area contributed by atoms with E-state index < -0.39 is 9.84 Å². The van der Waals surface area contributed by atoms with Crippen molar-refractivity contribution in [2.75, 3.05) is 11.5 Å². The highest BCUT2D eigenvalue weighted by atomic mass is 32.2. The second kappa shape index (κ2) is 7.43. The van der Waals surface area contributed by atoms with Crippen LogP contribution in [0, 0.1) is 6.92 Å². The molecule has 29 heavy (non-hydrogen) atoms. The Labute approximate surface area is 167 Å². The van der Waals surface area contributed by atoms with Crippen LogP contribution in [0.15, 0.2) is 41.6 Å². The zero-order valence-electron chi connectivity index (χ0n) is 15.9. The maximum absolute atomic E-state index is 12.7. The molecule has 9 nitrogen and oxygen atoms in total. The first-order valence-electron chi connectivity index (χ1n) is 9.28. The highest BCUT2D eigenvalue weighted by Gasteiger charge is 2.31. The number of benzene rings is 1. The van der Waals surface area contributed by atoms with Crippen molar-refractivity contribution >= 4 is 26.8 Å². The lowest BCUT2D eigenvalue weighted by Crippen LogP contribution is -2.32. The van der Waals surface area contributed by atoms with Gasteiger partial charge in [-0.1, -0.05) is 29.8 Å². The van der Waals surface area contributed by atoms with Crippen LogP contribution in [0.5, 0.6) is 0 Å². The Morgan fingerprint density at radius 1 is 1.28 bits per heavy atom. The van der Waals surface area contributed by atoms with Crippen molar-refractivity contribution in [1.29, 1.82) is 0 Å². The number of rotatable bonds is 5. The number of sulfone groups is 1. The molecule has 2 aromatic heterocycles. The molecule has 1 unspecified atom stereocenters. The highest BCUT2D eigenvalue weighted by Crippen LogP contribution is 2.25. The maximum Gasteiger partial charge on any atom is 0.264 e. The normalized spacial score (nSPS) is 18.2. The van der Waals surface area contributed by atoms with Crippen LogP contribution in [0.1, 0.15) is 23.6 Å². The average molecular weight is 415 g/mol. The van der Waals surface area contributed by atoms with E-state index in [1.54, 1.807) is 0 Å². The number of aryl methyl sites for hydroxylation is 1. The quantitative estimate of drug-likeness (QED) is 0.652. The second-order valence-electron chi connectivity index (χ2n) is 7.32. The standard InChI is InChI=1S/C19H21N5O4S/c1-13-2-4-14(5-3-13)8-20-17(25)10-23-12-21-18-16(19(23)26)9-22-24(18)15-6-7-29(27,28)11-15/h2-5,9,12,15H,6-8,10-11H2,1H3,(H,20,25). The predicted octanol–water partition coefficient (Wildman–Crippen LogP) is 0.577. The number of carbonyl (C=O) groups is 1. The van der Waals surface area contributed by atoms with Gasteiger partial charge in [0, 0.05) is 6.54 Å². The Morgan fingerprint density at radius 3 is 2.72 bits per heavy atom. The Kier molecular flexibility index (Phi) is 4.95. The summed E-state index contributed by atoms with van der Waals surface area (Å²) in [5.74, 6) is -0.198. The van der Waals surface area contributed by atoms with E-state index in [2.05, 4.69) is 15.4 Å². The van der Waals surface area contributed by atoms with Crippen LogP contribution >= 0.6 is 0 Å². The minimum absolute atomic E-state index is 0.00401. The van der Waals surface area contributed by atoms with Gasteiger partial charge in [-0.25, -0.2) is 18.1 Å². The first-order valence-corrected chi connectivity index (χ1v) is 11.1. The van der Waals surface area contributed by atoms with Gasteiger partial charge in [0.15, 0.2) is 15.5 Å². The van der Waals surface area contributed by atoms with Gasteiger partial charge in [0.25, 0.3) is 5.56 Å². The van der Waals surface area contributed by atoms with Gasteiger partial charge in [-0.2, -0.15) is 5.10 Å². The van der Waals surface area contributed by atoms with Crippen LogP contribution < -0.4 is 10.9 Å². The third kappa shape index (κ3) is 4.07. The fourth-order valence-corrected chi connectivity index (χ4v) is 5.12. The summed E-state index contributed by atoms with van der Waals surface area (Å²) in [6, 6.07) is 7.49. The number of hydrogen-bond acceptors (Lipinski definition) is 6. The molecule has 1 atom stereocenters.